The zero-order valence-electron chi connectivity index (χ0n) is 13.6. The fraction of sp³-hybridized carbons (Fsp3) is 0.312. The standard InChI is InChI=1S/C16H16Cl2N2O4S/c1-19(2)25(22,23)15-6-11(9-24-15)16(21)20-4-3-13-10(8-20)5-12(17)7-14(13)18/h5-7,9H,3-4,8H2,1-2H3. The van der Waals surface area contributed by atoms with Crippen LogP contribution >= 0.6 is 23.2 Å². The van der Waals surface area contributed by atoms with Gasteiger partial charge in [0.1, 0.15) is 6.26 Å². The zero-order chi connectivity index (χ0) is 18.4. The molecule has 9 heteroatoms. The zero-order valence-corrected chi connectivity index (χ0v) is 16.0. The molecule has 134 valence electrons. The molecule has 0 aliphatic carbocycles. The van der Waals surface area contributed by atoms with Gasteiger partial charge >= 0.3 is 0 Å². The number of amides is 1. The third-order valence-electron chi connectivity index (χ3n) is 4.09. The Bertz CT molecular complexity index is 938. The maximum absolute atomic E-state index is 12.7. The Morgan fingerprint density at radius 1 is 1.24 bits per heavy atom. The van der Waals surface area contributed by atoms with E-state index < -0.39 is 10.0 Å². The highest BCUT2D eigenvalue weighted by Gasteiger charge is 2.27. The lowest BCUT2D eigenvalue weighted by Crippen LogP contribution is -2.36. The van der Waals surface area contributed by atoms with Gasteiger partial charge in [-0.1, -0.05) is 23.2 Å². The molecular formula is C16H16Cl2N2O4S. The normalized spacial score (nSPS) is 14.7. The summed E-state index contributed by atoms with van der Waals surface area (Å²) < 4.78 is 30.2. The summed E-state index contributed by atoms with van der Waals surface area (Å²) in [6.07, 6.45) is 1.77. The van der Waals surface area contributed by atoms with Crippen molar-refractivity contribution in [3.63, 3.8) is 0 Å². The summed E-state index contributed by atoms with van der Waals surface area (Å²) in [6, 6.07) is 4.73. The van der Waals surface area contributed by atoms with Gasteiger partial charge < -0.3 is 9.32 Å². The van der Waals surface area contributed by atoms with Crippen molar-refractivity contribution in [2.24, 2.45) is 0 Å². The van der Waals surface area contributed by atoms with Crippen molar-refractivity contribution in [1.82, 2.24) is 9.21 Å². The summed E-state index contributed by atoms with van der Waals surface area (Å²) in [6.45, 7) is 0.837. The highest BCUT2D eigenvalue weighted by Crippen LogP contribution is 2.30. The molecule has 25 heavy (non-hydrogen) atoms. The Labute approximate surface area is 156 Å². The molecule has 1 aliphatic rings. The second kappa shape index (κ2) is 6.64. The van der Waals surface area contributed by atoms with Gasteiger partial charge in [0, 0.05) is 43.3 Å². The average Bonchev–Trinajstić information content (AvgIpc) is 3.03. The maximum atomic E-state index is 12.7. The van der Waals surface area contributed by atoms with E-state index in [9.17, 15) is 13.2 Å². The Morgan fingerprint density at radius 3 is 2.64 bits per heavy atom. The first kappa shape index (κ1) is 18.3. The van der Waals surface area contributed by atoms with E-state index in [0.717, 1.165) is 15.4 Å². The molecule has 1 amide bonds. The number of benzene rings is 1. The minimum atomic E-state index is -3.72. The number of rotatable bonds is 3. The van der Waals surface area contributed by atoms with E-state index in [-0.39, 0.29) is 16.6 Å². The minimum absolute atomic E-state index is 0.192. The van der Waals surface area contributed by atoms with Crippen molar-refractivity contribution in [2.75, 3.05) is 20.6 Å². The highest BCUT2D eigenvalue weighted by molar-refractivity contribution is 7.88. The van der Waals surface area contributed by atoms with Crippen LogP contribution in [0, 0.1) is 0 Å². The van der Waals surface area contributed by atoms with Crippen LogP contribution < -0.4 is 0 Å². The number of nitrogens with zero attached hydrogens (tertiary/aromatic N) is 2. The quantitative estimate of drug-likeness (QED) is 0.790. The fourth-order valence-corrected chi connectivity index (χ4v) is 4.14. The van der Waals surface area contributed by atoms with Crippen molar-refractivity contribution < 1.29 is 17.6 Å². The van der Waals surface area contributed by atoms with Crippen LogP contribution in [0.25, 0.3) is 0 Å². The number of carbonyl (C=O) groups excluding carboxylic acids is 1. The Balaban J connectivity index is 1.84. The smallest absolute Gasteiger partial charge is 0.275 e. The summed E-state index contributed by atoms with van der Waals surface area (Å²) in [5, 5.41) is 0.849. The lowest BCUT2D eigenvalue weighted by atomic mass is 9.99. The SMILES string of the molecule is CN(C)S(=O)(=O)c1cc(C(=O)N2CCc3c(Cl)cc(Cl)cc3C2)co1. The van der Waals surface area contributed by atoms with Crippen molar-refractivity contribution in [3.05, 3.63) is 51.2 Å². The number of fused-ring (bicyclic) bond motifs is 1. The molecule has 1 aromatic heterocycles. The third-order valence-corrected chi connectivity index (χ3v) is 6.33. The summed E-state index contributed by atoms with van der Waals surface area (Å²) in [5.41, 5.74) is 2.07. The van der Waals surface area contributed by atoms with Gasteiger partial charge in [0.15, 0.2) is 0 Å². The van der Waals surface area contributed by atoms with Crippen LogP contribution in [0.3, 0.4) is 0 Å². The molecule has 0 atom stereocenters. The summed E-state index contributed by atoms with van der Waals surface area (Å²) >= 11 is 12.2. The molecule has 0 unspecified atom stereocenters. The Hall–Kier alpha value is -1.54. The Morgan fingerprint density at radius 2 is 1.96 bits per heavy atom. The first-order valence-corrected chi connectivity index (χ1v) is 9.67. The third kappa shape index (κ3) is 3.42. The molecular weight excluding hydrogens is 387 g/mol. The van der Waals surface area contributed by atoms with Crippen LogP contribution in [0.4, 0.5) is 0 Å². The number of hydrogen-bond donors (Lipinski definition) is 0. The summed E-state index contributed by atoms with van der Waals surface area (Å²) in [7, 11) is -0.925. The number of hydrogen-bond acceptors (Lipinski definition) is 4. The first-order chi connectivity index (χ1) is 11.7. The van der Waals surface area contributed by atoms with Crippen molar-refractivity contribution in [1.29, 1.82) is 0 Å². The van der Waals surface area contributed by atoms with Crippen molar-refractivity contribution >= 4 is 39.1 Å². The number of furan rings is 1. The Kier molecular flexibility index (Phi) is 4.85. The topological polar surface area (TPSA) is 70.8 Å². The van der Waals surface area contributed by atoms with Crippen LogP contribution in [0.2, 0.25) is 10.0 Å². The van der Waals surface area contributed by atoms with Gasteiger partial charge in [0.2, 0.25) is 5.09 Å². The number of sulfonamides is 1. The van der Waals surface area contributed by atoms with E-state index in [0.29, 0.717) is 29.6 Å². The van der Waals surface area contributed by atoms with Gasteiger partial charge in [-0.25, -0.2) is 12.7 Å². The molecule has 0 radical (unpaired) electrons. The molecule has 0 spiro atoms. The minimum Gasteiger partial charge on any atom is -0.451 e. The molecule has 0 saturated heterocycles. The molecule has 0 saturated carbocycles. The predicted octanol–water partition coefficient (Wildman–Crippen LogP) is 3.04. The predicted molar refractivity (Wildman–Crippen MR) is 94.5 cm³/mol. The molecule has 6 nitrogen and oxygen atoms in total. The molecule has 1 aromatic carbocycles. The molecule has 2 aromatic rings. The van der Waals surface area contributed by atoms with E-state index in [1.165, 1.54) is 26.4 Å². The van der Waals surface area contributed by atoms with Crippen LogP contribution in [0.5, 0.6) is 0 Å². The van der Waals surface area contributed by atoms with Gasteiger partial charge in [-0.2, -0.15) is 0 Å². The monoisotopic (exact) mass is 402 g/mol. The van der Waals surface area contributed by atoms with E-state index in [1.54, 1.807) is 17.0 Å². The summed E-state index contributed by atoms with van der Waals surface area (Å²) in [5.74, 6) is -0.300. The van der Waals surface area contributed by atoms with E-state index in [1.807, 2.05) is 0 Å². The number of carbonyl (C=O) groups is 1. The number of halogens is 2. The molecule has 0 bridgehead atoms. The molecule has 1 aliphatic heterocycles. The van der Waals surface area contributed by atoms with Gasteiger partial charge in [-0.05, 0) is 29.7 Å². The fourth-order valence-electron chi connectivity index (χ4n) is 2.71. The van der Waals surface area contributed by atoms with Crippen LogP contribution in [-0.2, 0) is 23.0 Å². The van der Waals surface area contributed by atoms with E-state index in [2.05, 4.69) is 0 Å². The van der Waals surface area contributed by atoms with E-state index in [4.69, 9.17) is 27.6 Å². The second-order valence-corrected chi connectivity index (χ2v) is 8.87. The largest absolute Gasteiger partial charge is 0.451 e. The molecule has 2 heterocycles. The van der Waals surface area contributed by atoms with Gasteiger partial charge in [0.05, 0.1) is 5.56 Å². The van der Waals surface area contributed by atoms with Crippen LogP contribution in [0.1, 0.15) is 21.5 Å². The maximum Gasteiger partial charge on any atom is 0.275 e. The second-order valence-electron chi connectivity index (χ2n) is 5.94. The summed E-state index contributed by atoms with van der Waals surface area (Å²) in [4.78, 5) is 14.3. The van der Waals surface area contributed by atoms with Gasteiger partial charge in [0.25, 0.3) is 15.9 Å². The lowest BCUT2D eigenvalue weighted by molar-refractivity contribution is 0.0734. The van der Waals surface area contributed by atoms with Crippen molar-refractivity contribution in [3.8, 4) is 0 Å². The van der Waals surface area contributed by atoms with Crippen LogP contribution in [0.15, 0.2) is 34.0 Å². The highest BCUT2D eigenvalue weighted by atomic mass is 35.5. The van der Waals surface area contributed by atoms with E-state index >= 15 is 0 Å². The average molecular weight is 403 g/mol. The van der Waals surface area contributed by atoms with Gasteiger partial charge in [-0.3, -0.25) is 4.79 Å². The molecule has 0 fully saturated rings. The van der Waals surface area contributed by atoms with Gasteiger partial charge in [-0.15, -0.1) is 0 Å². The molecule has 3 rings (SSSR count). The molecule has 0 N–H and O–H groups in total. The lowest BCUT2D eigenvalue weighted by Gasteiger charge is -2.29. The van der Waals surface area contributed by atoms with Crippen molar-refractivity contribution in [2.45, 2.75) is 18.1 Å². The first-order valence-electron chi connectivity index (χ1n) is 7.47. The van der Waals surface area contributed by atoms with Crippen LogP contribution in [-0.4, -0.2) is 44.2 Å².